The van der Waals surface area contributed by atoms with Gasteiger partial charge in [-0.15, -0.1) is 0 Å². The molecule has 0 aliphatic carbocycles. The first-order valence-electron chi connectivity index (χ1n) is 11.7. The van der Waals surface area contributed by atoms with Gasteiger partial charge in [-0.1, -0.05) is 71.6 Å². The topological polar surface area (TPSA) is 72.9 Å². The number of esters is 1. The van der Waals surface area contributed by atoms with Crippen LogP contribution in [0.15, 0.2) is 0 Å². The molecule has 0 aromatic rings. The molecule has 0 fully saturated rings. The predicted molar refractivity (Wildman–Crippen MR) is 116 cm³/mol. The fraction of sp³-hybridized carbons (Fsp3) is 0.870. The second-order valence-electron chi connectivity index (χ2n) is 7.59. The Morgan fingerprint density at radius 3 is 1.90 bits per heavy atom. The molecule has 0 aliphatic rings. The Bertz CT molecular complexity index is 414. The van der Waals surface area contributed by atoms with Gasteiger partial charge in [-0.3, -0.25) is 9.59 Å². The molecule has 0 aliphatic heterocycles. The Morgan fingerprint density at radius 2 is 1.28 bits per heavy atom. The lowest BCUT2D eigenvalue weighted by molar-refractivity contribution is -0.143. The smallest absolute Gasteiger partial charge is 0.410 e. The lowest BCUT2D eigenvalue weighted by Gasteiger charge is -2.21. The maximum Gasteiger partial charge on any atom is 0.410 e. The van der Waals surface area contributed by atoms with Crippen molar-refractivity contribution in [2.24, 2.45) is 0 Å². The highest BCUT2D eigenvalue weighted by atomic mass is 16.6. The van der Waals surface area contributed by atoms with E-state index in [1.54, 1.807) is 4.90 Å². The van der Waals surface area contributed by atoms with Gasteiger partial charge in [-0.25, -0.2) is 4.79 Å². The Labute approximate surface area is 177 Å². The number of aldehydes is 1. The van der Waals surface area contributed by atoms with Crippen molar-refractivity contribution in [1.82, 2.24) is 4.90 Å². The Kier molecular flexibility index (Phi) is 20.0. The average molecular weight is 414 g/mol. The van der Waals surface area contributed by atoms with Gasteiger partial charge in [0.05, 0.1) is 6.61 Å². The van der Waals surface area contributed by atoms with E-state index in [2.05, 4.69) is 13.8 Å². The number of hydrogen-bond acceptors (Lipinski definition) is 5. The number of hydrogen-bond donors (Lipinski definition) is 0. The number of carbonyl (C=O) groups excluding carboxylic acids is 3. The molecule has 0 saturated carbocycles. The van der Waals surface area contributed by atoms with Crippen LogP contribution in [0.25, 0.3) is 0 Å². The van der Waals surface area contributed by atoms with Crippen molar-refractivity contribution in [2.75, 3.05) is 26.3 Å². The Hall–Kier alpha value is -1.59. The van der Waals surface area contributed by atoms with Crippen LogP contribution in [-0.4, -0.2) is 49.6 Å². The highest BCUT2D eigenvalue weighted by Crippen LogP contribution is 2.09. The summed E-state index contributed by atoms with van der Waals surface area (Å²) < 4.78 is 10.2. The summed E-state index contributed by atoms with van der Waals surface area (Å²) in [6.45, 7) is 5.83. The lowest BCUT2D eigenvalue weighted by Crippen LogP contribution is -2.34. The van der Waals surface area contributed by atoms with Crippen LogP contribution in [0.5, 0.6) is 0 Å². The maximum atomic E-state index is 12.1. The minimum absolute atomic E-state index is 0.161. The molecule has 170 valence electrons. The van der Waals surface area contributed by atoms with Gasteiger partial charge in [0.15, 0.2) is 6.29 Å². The molecule has 0 aromatic heterocycles. The van der Waals surface area contributed by atoms with Crippen LogP contribution in [0.4, 0.5) is 4.79 Å². The van der Waals surface area contributed by atoms with Crippen LogP contribution < -0.4 is 0 Å². The molecule has 6 nitrogen and oxygen atoms in total. The van der Waals surface area contributed by atoms with Gasteiger partial charge in [0, 0.05) is 19.5 Å². The molecule has 1 amide bonds. The zero-order chi connectivity index (χ0) is 21.6. The van der Waals surface area contributed by atoms with Crippen LogP contribution in [0.3, 0.4) is 0 Å². The summed E-state index contributed by atoms with van der Waals surface area (Å²) in [5.74, 6) is -0.161. The molecule has 29 heavy (non-hydrogen) atoms. The molecule has 0 radical (unpaired) electrons. The van der Waals surface area contributed by atoms with E-state index in [1.807, 2.05) is 0 Å². The molecular formula is C23H43NO5. The molecule has 0 rings (SSSR count). The molecule has 0 atom stereocenters. The second-order valence-corrected chi connectivity index (χ2v) is 7.59. The van der Waals surface area contributed by atoms with E-state index in [0.717, 1.165) is 32.1 Å². The monoisotopic (exact) mass is 413 g/mol. The van der Waals surface area contributed by atoms with Crippen LogP contribution in [0.2, 0.25) is 0 Å². The molecule has 0 bridgehead atoms. The minimum atomic E-state index is -0.444. The number of carbonyl (C=O) groups is 3. The normalized spacial score (nSPS) is 10.6. The van der Waals surface area contributed by atoms with Gasteiger partial charge in [0.1, 0.15) is 6.61 Å². The zero-order valence-electron chi connectivity index (χ0n) is 18.8. The zero-order valence-corrected chi connectivity index (χ0v) is 18.8. The summed E-state index contributed by atoms with van der Waals surface area (Å²) in [5.41, 5.74) is 0. The standard InChI is InChI=1S/C23H43NO5/c1-3-5-7-9-10-13-17-24(23(27)29-21-19-25)18-14-12-16-22(26)28-20-15-11-8-6-4-2/h19H,3-18,20-21H2,1-2H3. The molecule has 0 N–H and O–H groups in total. The summed E-state index contributed by atoms with van der Waals surface area (Å²) in [4.78, 5) is 36.0. The molecular weight excluding hydrogens is 370 g/mol. The van der Waals surface area contributed by atoms with Crippen molar-refractivity contribution < 1.29 is 23.9 Å². The third-order valence-electron chi connectivity index (χ3n) is 4.88. The van der Waals surface area contributed by atoms with Crippen LogP contribution in [0, 0.1) is 0 Å². The van der Waals surface area contributed by atoms with Crippen molar-refractivity contribution in [2.45, 2.75) is 104 Å². The van der Waals surface area contributed by atoms with E-state index in [0.29, 0.717) is 38.8 Å². The van der Waals surface area contributed by atoms with Crippen molar-refractivity contribution >= 4 is 18.3 Å². The quantitative estimate of drug-likeness (QED) is 0.146. The van der Waals surface area contributed by atoms with E-state index >= 15 is 0 Å². The third kappa shape index (κ3) is 18.2. The second kappa shape index (κ2) is 21.1. The molecule has 0 heterocycles. The van der Waals surface area contributed by atoms with Gasteiger partial charge >= 0.3 is 12.1 Å². The summed E-state index contributed by atoms with van der Waals surface area (Å²) >= 11 is 0. The SMILES string of the molecule is CCCCCCCCN(CCCCC(=O)OCCCCCCC)C(=O)OCC=O. The average Bonchev–Trinajstić information content (AvgIpc) is 2.72. The Morgan fingerprint density at radius 1 is 0.724 bits per heavy atom. The van der Waals surface area contributed by atoms with Crippen molar-refractivity contribution in [3.05, 3.63) is 0 Å². The molecule has 0 spiro atoms. The van der Waals surface area contributed by atoms with E-state index < -0.39 is 6.09 Å². The largest absolute Gasteiger partial charge is 0.466 e. The summed E-state index contributed by atoms with van der Waals surface area (Å²) in [6, 6.07) is 0. The number of ether oxygens (including phenoxy) is 2. The molecule has 0 saturated heterocycles. The van der Waals surface area contributed by atoms with E-state index in [-0.39, 0.29) is 12.6 Å². The highest BCUT2D eigenvalue weighted by Gasteiger charge is 2.14. The molecule has 0 aromatic carbocycles. The van der Waals surface area contributed by atoms with E-state index in [9.17, 15) is 14.4 Å². The van der Waals surface area contributed by atoms with Crippen LogP contribution in [0.1, 0.15) is 104 Å². The number of amides is 1. The van der Waals surface area contributed by atoms with E-state index in [4.69, 9.17) is 9.47 Å². The predicted octanol–water partition coefficient (Wildman–Crippen LogP) is 5.67. The maximum absolute atomic E-state index is 12.1. The number of nitrogens with zero attached hydrogens (tertiary/aromatic N) is 1. The first-order chi connectivity index (χ1) is 14.2. The van der Waals surface area contributed by atoms with Crippen molar-refractivity contribution in [1.29, 1.82) is 0 Å². The van der Waals surface area contributed by atoms with Gasteiger partial charge in [0.2, 0.25) is 0 Å². The first kappa shape index (κ1) is 27.4. The Balaban J connectivity index is 3.97. The summed E-state index contributed by atoms with van der Waals surface area (Å²) in [6.07, 6.45) is 14.5. The van der Waals surface area contributed by atoms with Gasteiger partial charge in [-0.05, 0) is 25.7 Å². The van der Waals surface area contributed by atoms with Crippen LogP contribution >= 0.6 is 0 Å². The van der Waals surface area contributed by atoms with Gasteiger partial charge in [-0.2, -0.15) is 0 Å². The highest BCUT2D eigenvalue weighted by molar-refractivity contribution is 5.70. The minimum Gasteiger partial charge on any atom is -0.466 e. The summed E-state index contributed by atoms with van der Waals surface area (Å²) in [7, 11) is 0. The fourth-order valence-electron chi connectivity index (χ4n) is 3.11. The van der Waals surface area contributed by atoms with Gasteiger partial charge < -0.3 is 14.4 Å². The van der Waals surface area contributed by atoms with Gasteiger partial charge in [0.25, 0.3) is 0 Å². The molecule has 6 heteroatoms. The molecule has 0 unspecified atom stereocenters. The number of rotatable bonds is 20. The van der Waals surface area contributed by atoms with Crippen molar-refractivity contribution in [3.63, 3.8) is 0 Å². The summed E-state index contributed by atoms with van der Waals surface area (Å²) in [5, 5.41) is 0. The third-order valence-corrected chi connectivity index (χ3v) is 4.88. The van der Waals surface area contributed by atoms with Crippen LogP contribution in [-0.2, 0) is 19.1 Å². The lowest BCUT2D eigenvalue weighted by atomic mass is 10.1. The fourth-order valence-corrected chi connectivity index (χ4v) is 3.11. The first-order valence-corrected chi connectivity index (χ1v) is 11.7. The van der Waals surface area contributed by atoms with Crippen molar-refractivity contribution in [3.8, 4) is 0 Å². The number of unbranched alkanes of at least 4 members (excludes halogenated alkanes) is 10. The van der Waals surface area contributed by atoms with E-state index in [1.165, 1.54) is 44.9 Å².